The lowest BCUT2D eigenvalue weighted by Crippen LogP contribution is -2.31. The van der Waals surface area contributed by atoms with Crippen molar-refractivity contribution in [3.63, 3.8) is 0 Å². The zero-order chi connectivity index (χ0) is 16.8. The summed E-state index contributed by atoms with van der Waals surface area (Å²) in [5, 5.41) is 25.8. The van der Waals surface area contributed by atoms with E-state index in [1.807, 2.05) is 12.1 Å². The van der Waals surface area contributed by atoms with Crippen LogP contribution in [-0.4, -0.2) is 19.8 Å². The lowest BCUT2D eigenvalue weighted by atomic mass is 10.1. The molecule has 3 heterocycles. The van der Waals surface area contributed by atoms with Gasteiger partial charge in [-0.15, -0.1) is 10.2 Å². The molecule has 0 saturated heterocycles. The highest BCUT2D eigenvalue weighted by Gasteiger charge is 2.39. The summed E-state index contributed by atoms with van der Waals surface area (Å²) >= 11 is 3.30. The fraction of sp³-hybridized carbons (Fsp3) is 0.333. The van der Waals surface area contributed by atoms with E-state index in [4.69, 9.17) is 0 Å². The minimum absolute atomic E-state index is 0.0384. The fourth-order valence-corrected chi connectivity index (χ4v) is 5.01. The SMILES string of the molecule is CC(C)Cc1nnc2n1N1C(=CSC1c1ccc([N+](=O)[O-])cc1)S2. The first-order chi connectivity index (χ1) is 11.5. The molecule has 124 valence electrons. The third-order valence-corrected chi connectivity index (χ3v) is 6.00. The molecular weight excluding hydrogens is 346 g/mol. The summed E-state index contributed by atoms with van der Waals surface area (Å²) < 4.78 is 2.09. The lowest BCUT2D eigenvalue weighted by molar-refractivity contribution is -0.384. The van der Waals surface area contributed by atoms with Crippen molar-refractivity contribution >= 4 is 29.2 Å². The van der Waals surface area contributed by atoms with Gasteiger partial charge in [0.15, 0.2) is 5.82 Å². The van der Waals surface area contributed by atoms with Gasteiger partial charge in [-0.05, 0) is 35.4 Å². The van der Waals surface area contributed by atoms with Gasteiger partial charge in [0.25, 0.3) is 5.69 Å². The van der Waals surface area contributed by atoms with Gasteiger partial charge in [0, 0.05) is 24.0 Å². The number of thioether (sulfide) groups is 2. The Labute approximate surface area is 147 Å². The van der Waals surface area contributed by atoms with Crippen LogP contribution in [0.1, 0.15) is 30.6 Å². The Morgan fingerprint density at radius 1 is 1.29 bits per heavy atom. The van der Waals surface area contributed by atoms with Gasteiger partial charge >= 0.3 is 0 Å². The molecule has 4 rings (SSSR count). The Morgan fingerprint density at radius 2 is 2.04 bits per heavy atom. The number of hydrogen-bond acceptors (Lipinski definition) is 7. The molecule has 0 spiro atoms. The predicted molar refractivity (Wildman–Crippen MR) is 94.1 cm³/mol. The normalized spacial score (nSPS) is 18.7. The largest absolute Gasteiger partial charge is 0.269 e. The van der Waals surface area contributed by atoms with Crippen molar-refractivity contribution in [3.8, 4) is 0 Å². The van der Waals surface area contributed by atoms with Gasteiger partial charge in [-0.2, -0.15) is 0 Å². The third kappa shape index (κ3) is 2.48. The zero-order valence-electron chi connectivity index (χ0n) is 13.1. The molecule has 1 atom stereocenters. The second-order valence-corrected chi connectivity index (χ2v) is 7.99. The Kier molecular flexibility index (Phi) is 3.76. The van der Waals surface area contributed by atoms with E-state index in [1.54, 1.807) is 35.7 Å². The van der Waals surface area contributed by atoms with E-state index in [1.165, 1.54) is 0 Å². The van der Waals surface area contributed by atoms with Crippen LogP contribution in [-0.2, 0) is 6.42 Å². The number of non-ortho nitro benzene ring substituents is 1. The third-order valence-electron chi connectivity index (χ3n) is 3.81. The zero-order valence-corrected chi connectivity index (χ0v) is 14.8. The number of fused-ring (bicyclic) bond motifs is 3. The van der Waals surface area contributed by atoms with Gasteiger partial charge in [-0.3, -0.25) is 15.1 Å². The smallest absolute Gasteiger partial charge is 0.258 e. The van der Waals surface area contributed by atoms with Gasteiger partial charge in [-0.1, -0.05) is 25.6 Å². The maximum Gasteiger partial charge on any atom is 0.269 e. The van der Waals surface area contributed by atoms with Crippen molar-refractivity contribution in [2.24, 2.45) is 5.92 Å². The van der Waals surface area contributed by atoms with Gasteiger partial charge < -0.3 is 0 Å². The molecule has 24 heavy (non-hydrogen) atoms. The fourth-order valence-electron chi connectivity index (χ4n) is 2.77. The molecule has 1 unspecified atom stereocenters. The Bertz CT molecular complexity index is 831. The van der Waals surface area contributed by atoms with Crippen LogP contribution in [0.5, 0.6) is 0 Å². The molecular formula is C15H15N5O2S2. The molecule has 2 aliphatic heterocycles. The molecule has 1 aromatic heterocycles. The first-order valence-corrected chi connectivity index (χ1v) is 9.32. The van der Waals surface area contributed by atoms with E-state index < -0.39 is 0 Å². The van der Waals surface area contributed by atoms with Crippen LogP contribution in [0.4, 0.5) is 5.69 Å². The van der Waals surface area contributed by atoms with Crippen LogP contribution in [0.3, 0.4) is 0 Å². The second kappa shape index (κ2) is 5.82. The molecule has 0 aliphatic carbocycles. The predicted octanol–water partition coefficient (Wildman–Crippen LogP) is 3.67. The van der Waals surface area contributed by atoms with Crippen LogP contribution < -0.4 is 5.01 Å². The maximum atomic E-state index is 10.8. The van der Waals surface area contributed by atoms with Crippen molar-refractivity contribution in [2.75, 3.05) is 5.01 Å². The van der Waals surface area contributed by atoms with Crippen molar-refractivity contribution in [3.05, 3.63) is 56.2 Å². The number of hydrogen-bond donors (Lipinski definition) is 0. The highest BCUT2D eigenvalue weighted by molar-refractivity contribution is 8.07. The summed E-state index contributed by atoms with van der Waals surface area (Å²) in [7, 11) is 0. The summed E-state index contributed by atoms with van der Waals surface area (Å²) in [6.07, 6.45) is 0.856. The minimum Gasteiger partial charge on any atom is -0.258 e. The Morgan fingerprint density at radius 3 is 2.71 bits per heavy atom. The molecule has 0 bridgehead atoms. The van der Waals surface area contributed by atoms with Crippen LogP contribution in [0, 0.1) is 16.0 Å². The van der Waals surface area contributed by atoms with Crippen molar-refractivity contribution in [2.45, 2.75) is 30.8 Å². The Balaban J connectivity index is 1.68. The van der Waals surface area contributed by atoms with Gasteiger partial charge in [0.2, 0.25) is 5.16 Å². The summed E-state index contributed by atoms with van der Waals surface area (Å²) in [6.45, 7) is 4.32. The van der Waals surface area contributed by atoms with E-state index in [0.29, 0.717) is 5.92 Å². The minimum atomic E-state index is -0.375. The van der Waals surface area contributed by atoms with Crippen LogP contribution in [0.25, 0.3) is 0 Å². The highest BCUT2D eigenvalue weighted by atomic mass is 32.2. The monoisotopic (exact) mass is 361 g/mol. The summed E-state index contributed by atoms with van der Waals surface area (Å²) in [5.41, 5.74) is 1.13. The number of benzene rings is 1. The van der Waals surface area contributed by atoms with Gasteiger partial charge in [0.05, 0.1) is 4.92 Å². The van der Waals surface area contributed by atoms with Crippen molar-refractivity contribution < 1.29 is 4.92 Å². The molecule has 0 amide bonds. The van der Waals surface area contributed by atoms with E-state index in [9.17, 15) is 10.1 Å². The van der Waals surface area contributed by atoms with E-state index in [2.05, 4.69) is 39.1 Å². The van der Waals surface area contributed by atoms with Crippen LogP contribution >= 0.6 is 23.5 Å². The van der Waals surface area contributed by atoms with E-state index in [-0.39, 0.29) is 16.0 Å². The molecule has 2 aliphatic rings. The first kappa shape index (κ1) is 15.5. The average molecular weight is 361 g/mol. The molecule has 0 N–H and O–H groups in total. The summed E-state index contributed by atoms with van der Waals surface area (Å²) in [5.74, 6) is 1.44. The molecule has 2 aromatic rings. The van der Waals surface area contributed by atoms with Gasteiger partial charge in [-0.25, -0.2) is 4.68 Å². The first-order valence-electron chi connectivity index (χ1n) is 7.56. The molecule has 0 saturated carbocycles. The highest BCUT2D eigenvalue weighted by Crippen LogP contribution is 2.51. The Hall–Kier alpha value is -2.00. The molecule has 7 nitrogen and oxygen atoms in total. The van der Waals surface area contributed by atoms with E-state index >= 15 is 0 Å². The topological polar surface area (TPSA) is 77.1 Å². The molecule has 0 fully saturated rings. The number of nitrogens with zero attached hydrogens (tertiary/aromatic N) is 5. The van der Waals surface area contributed by atoms with Crippen LogP contribution in [0.15, 0.2) is 39.9 Å². The molecule has 1 aromatic carbocycles. The summed E-state index contributed by atoms with van der Waals surface area (Å²) in [4.78, 5) is 10.5. The standard InChI is InChI=1S/C15H15N5O2S2/c1-9(2)7-12-16-17-15-18(12)19-13(24-15)8-23-14(19)10-3-5-11(6-4-10)20(21)22/h3-6,8-9,14H,7H2,1-2H3. The lowest BCUT2D eigenvalue weighted by Gasteiger charge is -2.26. The van der Waals surface area contributed by atoms with Gasteiger partial charge in [0.1, 0.15) is 10.4 Å². The van der Waals surface area contributed by atoms with Crippen LogP contribution in [0.2, 0.25) is 0 Å². The van der Waals surface area contributed by atoms with Crippen molar-refractivity contribution in [1.29, 1.82) is 0 Å². The van der Waals surface area contributed by atoms with E-state index in [0.717, 1.165) is 28.0 Å². The average Bonchev–Trinajstić information content (AvgIpc) is 3.19. The second-order valence-electron chi connectivity index (χ2n) is 6.05. The summed E-state index contributed by atoms with van der Waals surface area (Å²) in [6, 6.07) is 6.75. The number of nitro benzene ring substituents is 1. The quantitative estimate of drug-likeness (QED) is 0.607. The maximum absolute atomic E-state index is 10.8. The van der Waals surface area contributed by atoms with Crippen molar-refractivity contribution in [1.82, 2.24) is 14.9 Å². The molecule has 9 heteroatoms. The number of nitro groups is 1. The number of rotatable bonds is 4. The number of aromatic nitrogens is 3. The molecule has 0 radical (unpaired) electrons.